The second kappa shape index (κ2) is 78.9. The number of carbonyl (C=O) groups excluding carboxylic acids is 2. The lowest BCUT2D eigenvalue weighted by Crippen LogP contribution is -2.37. The van der Waals surface area contributed by atoms with Crippen LogP contribution in [-0.4, -0.2) is 70.0 Å². The Morgan fingerprint density at radius 2 is 0.526 bits per heavy atom. The average molecular weight is 1390 g/mol. The summed E-state index contributed by atoms with van der Waals surface area (Å²) in [5.74, 6) is -0.800. The number of nitrogens with zero attached hydrogens (tertiary/aromatic N) is 1. The molecule has 9 nitrogen and oxygen atoms in total. The van der Waals surface area contributed by atoms with Gasteiger partial charge in [-0.25, -0.2) is 0 Å². The number of carbonyl (C=O) groups is 2. The highest BCUT2D eigenvalue weighted by molar-refractivity contribution is 7.45. The van der Waals surface area contributed by atoms with Gasteiger partial charge in [0.1, 0.15) is 19.8 Å². The topological polar surface area (TPSA) is 111 Å². The molecule has 0 N–H and O–H groups in total. The predicted molar refractivity (Wildman–Crippen MR) is 421 cm³/mol. The van der Waals surface area contributed by atoms with Crippen molar-refractivity contribution in [2.45, 2.75) is 489 Å². The molecule has 0 aromatic heterocycles. The van der Waals surface area contributed by atoms with Gasteiger partial charge in [0, 0.05) is 12.8 Å². The molecule has 0 aliphatic carbocycles. The Bertz CT molecular complexity index is 1640. The van der Waals surface area contributed by atoms with Crippen molar-refractivity contribution in [2.75, 3.05) is 47.5 Å². The zero-order valence-electron chi connectivity index (χ0n) is 66.3. The van der Waals surface area contributed by atoms with Crippen molar-refractivity contribution in [3.8, 4) is 0 Å². The molecule has 0 radical (unpaired) electrons. The maximum atomic E-state index is 12.9. The van der Waals surface area contributed by atoms with E-state index in [1.807, 2.05) is 21.1 Å². The highest BCUT2D eigenvalue weighted by Gasteiger charge is 2.22. The van der Waals surface area contributed by atoms with E-state index in [1.165, 1.54) is 417 Å². The molecule has 2 unspecified atom stereocenters. The summed E-state index contributed by atoms with van der Waals surface area (Å²) < 4.78 is 34.5. The summed E-state index contributed by atoms with van der Waals surface area (Å²) in [4.78, 5) is 38.2. The third-order valence-corrected chi connectivity index (χ3v) is 21.5. The van der Waals surface area contributed by atoms with Crippen LogP contribution in [0.25, 0.3) is 0 Å². The fourth-order valence-corrected chi connectivity index (χ4v) is 14.6. The van der Waals surface area contributed by atoms with Crippen LogP contribution in [0.1, 0.15) is 483 Å². The monoisotopic (exact) mass is 1390 g/mol. The summed E-state index contributed by atoms with van der Waals surface area (Å²) in [6, 6.07) is 0. The Kier molecular flexibility index (Phi) is 77.9. The third-order valence-electron chi connectivity index (χ3n) is 20.5. The second-order valence-corrected chi connectivity index (χ2v) is 33.0. The molecule has 0 spiro atoms. The van der Waals surface area contributed by atoms with Gasteiger partial charge in [0.2, 0.25) is 0 Å². The minimum absolute atomic E-state index is 0.0254. The number of allylic oxidation sites excluding steroid dienone is 2. The Hall–Kier alpha value is -1.25. The molecule has 0 fully saturated rings. The first-order valence-electron chi connectivity index (χ1n) is 43.9. The van der Waals surface area contributed by atoms with E-state index in [0.717, 1.165) is 32.1 Å². The number of phosphoric acid groups is 1. The lowest BCUT2D eigenvalue weighted by molar-refractivity contribution is -0.870. The number of quaternary nitrogens is 1. The Morgan fingerprint density at radius 3 is 0.763 bits per heavy atom. The first-order chi connectivity index (χ1) is 47.5. The summed E-state index contributed by atoms with van der Waals surface area (Å²) in [7, 11) is 1.20. The molecule has 0 aliphatic rings. The summed E-state index contributed by atoms with van der Waals surface area (Å²) in [5.41, 5.74) is 0. The molecule has 97 heavy (non-hydrogen) atoms. The zero-order valence-corrected chi connectivity index (χ0v) is 67.2. The lowest BCUT2D eigenvalue weighted by atomic mass is 10.0. The summed E-state index contributed by atoms with van der Waals surface area (Å²) >= 11 is 0. The highest BCUT2D eigenvalue weighted by Crippen LogP contribution is 2.38. The SMILES string of the molecule is CCCCCCCCCC/C=C\CCCCCCCCCCCCCCCCCCCCCCCCCC(=O)OC(COC(=O)CCCCCCCCCCCCCCCCCCCCCCCCCCCCCCCCCCCCCCCC)COP(=O)([O-])OCC[N+](C)(C)C. The quantitative estimate of drug-likeness (QED) is 0.0195. The third kappa shape index (κ3) is 83.6. The maximum Gasteiger partial charge on any atom is 0.306 e. The number of unbranched alkanes of at least 4 members (excludes halogenated alkanes) is 68. The Labute approximate surface area is 607 Å². The summed E-state index contributed by atoms with van der Waals surface area (Å²) in [6.45, 7) is 4.35. The van der Waals surface area contributed by atoms with Crippen molar-refractivity contribution in [1.82, 2.24) is 0 Å². The van der Waals surface area contributed by atoms with Gasteiger partial charge in [-0.15, -0.1) is 0 Å². The van der Waals surface area contributed by atoms with Gasteiger partial charge in [-0.05, 0) is 38.5 Å². The van der Waals surface area contributed by atoms with E-state index < -0.39 is 26.5 Å². The van der Waals surface area contributed by atoms with Crippen LogP contribution in [0.3, 0.4) is 0 Å². The number of ether oxygens (including phenoxy) is 2. The zero-order chi connectivity index (χ0) is 70.4. The van der Waals surface area contributed by atoms with Gasteiger partial charge in [-0.3, -0.25) is 14.2 Å². The second-order valence-electron chi connectivity index (χ2n) is 31.6. The molecule has 0 bridgehead atoms. The Balaban J connectivity index is 3.84. The van der Waals surface area contributed by atoms with Gasteiger partial charge in [-0.1, -0.05) is 443 Å². The van der Waals surface area contributed by atoms with Crippen LogP contribution in [0.5, 0.6) is 0 Å². The van der Waals surface area contributed by atoms with Gasteiger partial charge < -0.3 is 27.9 Å². The fourth-order valence-electron chi connectivity index (χ4n) is 13.8. The Morgan fingerprint density at radius 1 is 0.309 bits per heavy atom. The minimum atomic E-state index is -4.64. The van der Waals surface area contributed by atoms with Gasteiger partial charge in [-0.2, -0.15) is 0 Å². The van der Waals surface area contributed by atoms with Crippen molar-refractivity contribution >= 4 is 19.8 Å². The molecule has 0 heterocycles. The normalized spacial score (nSPS) is 12.9. The molecule has 578 valence electrons. The molecule has 0 amide bonds. The standard InChI is InChI=1S/C87H172NO8P/c1-6-8-10-12-14-16-18-20-22-24-26-28-30-32-34-36-38-40-42-43-44-46-47-49-51-53-55-57-59-61-63-65-67-69-71-73-75-77-79-86(89)93-83-85(84-95-97(91,92)94-82-81-88(3,4)5)96-87(90)80-78-76-74-72-70-68-66-64-62-60-58-56-54-52-50-48-45-41-39-37-35-33-31-29-27-25-23-21-19-17-15-13-11-9-7-2/h25,27,85H,6-24,26,28-84H2,1-5H3/b27-25-. The average Bonchev–Trinajstić information content (AvgIpc) is 1.69. The molecular formula is C87H172NO8P. The molecule has 0 rings (SSSR count). The first kappa shape index (κ1) is 95.8. The van der Waals surface area contributed by atoms with Crippen LogP contribution in [-0.2, 0) is 32.7 Å². The number of likely N-dealkylation sites (N-methyl/N-ethyl adjacent to an activating group) is 1. The maximum absolute atomic E-state index is 12.9. The molecule has 10 heteroatoms. The smallest absolute Gasteiger partial charge is 0.306 e. The number of phosphoric ester groups is 1. The molecule has 2 atom stereocenters. The molecule has 0 saturated heterocycles. The van der Waals surface area contributed by atoms with Crippen LogP contribution in [0.15, 0.2) is 12.2 Å². The van der Waals surface area contributed by atoms with E-state index in [1.54, 1.807) is 0 Å². The van der Waals surface area contributed by atoms with E-state index >= 15 is 0 Å². The van der Waals surface area contributed by atoms with Crippen molar-refractivity contribution in [3.63, 3.8) is 0 Å². The van der Waals surface area contributed by atoms with Gasteiger partial charge >= 0.3 is 11.9 Å². The van der Waals surface area contributed by atoms with Crippen LogP contribution >= 0.6 is 7.82 Å². The lowest BCUT2D eigenvalue weighted by Gasteiger charge is -2.28. The van der Waals surface area contributed by atoms with Gasteiger partial charge in [0.05, 0.1) is 27.7 Å². The van der Waals surface area contributed by atoms with E-state index in [9.17, 15) is 19.0 Å². The predicted octanol–water partition coefficient (Wildman–Crippen LogP) is 28.7. The molecular weight excluding hydrogens is 1220 g/mol. The fraction of sp³-hybridized carbons (Fsp3) is 0.954. The molecule has 0 aliphatic heterocycles. The largest absolute Gasteiger partial charge is 0.756 e. The molecule has 0 saturated carbocycles. The van der Waals surface area contributed by atoms with E-state index in [2.05, 4.69) is 26.0 Å². The van der Waals surface area contributed by atoms with Crippen molar-refractivity contribution < 1.29 is 42.1 Å². The number of hydrogen-bond donors (Lipinski definition) is 0. The van der Waals surface area contributed by atoms with Crippen LogP contribution in [0.4, 0.5) is 0 Å². The van der Waals surface area contributed by atoms with Gasteiger partial charge in [0.25, 0.3) is 7.82 Å². The minimum Gasteiger partial charge on any atom is -0.756 e. The number of hydrogen-bond acceptors (Lipinski definition) is 8. The highest BCUT2D eigenvalue weighted by atomic mass is 31.2. The van der Waals surface area contributed by atoms with Gasteiger partial charge in [0.15, 0.2) is 6.10 Å². The first-order valence-corrected chi connectivity index (χ1v) is 45.4. The summed E-state index contributed by atoms with van der Waals surface area (Å²) in [6.07, 6.45) is 101. The number of esters is 2. The van der Waals surface area contributed by atoms with Crippen molar-refractivity contribution in [3.05, 3.63) is 12.2 Å². The number of rotatable bonds is 84. The van der Waals surface area contributed by atoms with Crippen molar-refractivity contribution in [2.24, 2.45) is 0 Å². The molecule has 0 aromatic carbocycles. The van der Waals surface area contributed by atoms with Crippen LogP contribution < -0.4 is 4.89 Å². The van der Waals surface area contributed by atoms with E-state index in [4.69, 9.17) is 18.5 Å². The van der Waals surface area contributed by atoms with E-state index in [-0.39, 0.29) is 32.0 Å². The van der Waals surface area contributed by atoms with Crippen molar-refractivity contribution in [1.29, 1.82) is 0 Å². The van der Waals surface area contributed by atoms with E-state index in [0.29, 0.717) is 17.4 Å². The van der Waals surface area contributed by atoms with Crippen LogP contribution in [0, 0.1) is 0 Å². The summed E-state index contributed by atoms with van der Waals surface area (Å²) in [5, 5.41) is 0. The van der Waals surface area contributed by atoms with Crippen LogP contribution in [0.2, 0.25) is 0 Å². The molecule has 0 aromatic rings.